The number of halogens is 2. The van der Waals surface area contributed by atoms with Gasteiger partial charge in [-0.15, -0.1) is 0 Å². The van der Waals surface area contributed by atoms with Gasteiger partial charge in [-0.25, -0.2) is 13.6 Å². The van der Waals surface area contributed by atoms with E-state index in [0.29, 0.717) is 31.8 Å². The topological polar surface area (TPSA) is 50.8 Å². The van der Waals surface area contributed by atoms with Gasteiger partial charge in [0.05, 0.1) is 12.7 Å². The fourth-order valence-electron chi connectivity index (χ4n) is 2.71. The van der Waals surface area contributed by atoms with Crippen LogP contribution in [0.3, 0.4) is 0 Å². The van der Waals surface area contributed by atoms with Crippen molar-refractivity contribution in [1.29, 1.82) is 0 Å². The fraction of sp³-hybridized carbons (Fsp3) is 0.611. The molecule has 0 bridgehead atoms. The van der Waals surface area contributed by atoms with Crippen molar-refractivity contribution in [2.24, 2.45) is 0 Å². The number of morpholine rings is 1. The molecule has 0 radical (unpaired) electrons. The average Bonchev–Trinajstić information content (AvgIpc) is 2.53. The molecular weight excluding hydrogens is 330 g/mol. The number of carbonyl (C=O) groups excluding carboxylic acids is 1. The highest BCUT2D eigenvalue weighted by molar-refractivity contribution is 5.67. The number of nitrogens with zero attached hydrogens (tertiary/aromatic N) is 1. The van der Waals surface area contributed by atoms with E-state index in [2.05, 4.69) is 10.2 Å². The Morgan fingerprint density at radius 1 is 1.40 bits per heavy atom. The first kappa shape index (κ1) is 19.6. The zero-order chi connectivity index (χ0) is 18.6. The van der Waals surface area contributed by atoms with Gasteiger partial charge in [0.25, 0.3) is 0 Å². The zero-order valence-corrected chi connectivity index (χ0v) is 15.1. The van der Waals surface area contributed by atoms with Gasteiger partial charge >= 0.3 is 6.09 Å². The number of amides is 1. The Bertz CT molecular complexity index is 604. The highest BCUT2D eigenvalue weighted by Crippen LogP contribution is 2.24. The quantitative estimate of drug-likeness (QED) is 0.900. The molecule has 1 saturated heterocycles. The first-order valence-corrected chi connectivity index (χ1v) is 8.43. The van der Waals surface area contributed by atoms with Gasteiger partial charge in [0.2, 0.25) is 0 Å². The van der Waals surface area contributed by atoms with E-state index < -0.39 is 23.3 Å². The van der Waals surface area contributed by atoms with E-state index in [0.717, 1.165) is 6.07 Å². The number of hydrogen-bond donors (Lipinski definition) is 1. The molecule has 25 heavy (non-hydrogen) atoms. The lowest BCUT2D eigenvalue weighted by Crippen LogP contribution is -2.48. The molecule has 1 amide bonds. The molecule has 1 aromatic rings. The predicted octanol–water partition coefficient (Wildman–Crippen LogP) is 3.25. The summed E-state index contributed by atoms with van der Waals surface area (Å²) in [6.45, 7) is 9.44. The summed E-state index contributed by atoms with van der Waals surface area (Å²) in [4.78, 5) is 13.9. The van der Waals surface area contributed by atoms with Gasteiger partial charge in [-0.2, -0.15) is 0 Å². The van der Waals surface area contributed by atoms with Gasteiger partial charge in [0.15, 0.2) is 11.6 Å². The van der Waals surface area contributed by atoms with Crippen molar-refractivity contribution in [1.82, 2.24) is 10.2 Å². The van der Waals surface area contributed by atoms with Gasteiger partial charge in [0, 0.05) is 25.7 Å². The van der Waals surface area contributed by atoms with E-state index in [4.69, 9.17) is 9.47 Å². The molecule has 5 nitrogen and oxygen atoms in total. The smallest absolute Gasteiger partial charge is 0.407 e. The standard InChI is InChI=1S/C18H26F2N2O3/c1-12(13-5-6-15(19)16(20)9-13)22-7-8-24-14(11-22)10-21-17(23)25-18(2,3)4/h5-6,9,12,14H,7-8,10-11H2,1-4H3,(H,21,23). The van der Waals surface area contributed by atoms with Crippen LogP contribution in [0.25, 0.3) is 0 Å². The highest BCUT2D eigenvalue weighted by atomic mass is 19.2. The summed E-state index contributed by atoms with van der Waals surface area (Å²) >= 11 is 0. The van der Waals surface area contributed by atoms with Gasteiger partial charge in [-0.1, -0.05) is 6.07 Å². The van der Waals surface area contributed by atoms with Gasteiger partial charge in [-0.05, 0) is 45.4 Å². The van der Waals surface area contributed by atoms with Crippen molar-refractivity contribution in [2.75, 3.05) is 26.2 Å². The molecule has 1 fully saturated rings. The molecule has 0 saturated carbocycles. The maximum absolute atomic E-state index is 13.4. The normalized spacial score (nSPS) is 20.2. The van der Waals surface area contributed by atoms with Crippen molar-refractivity contribution < 1.29 is 23.0 Å². The Morgan fingerprint density at radius 3 is 2.76 bits per heavy atom. The van der Waals surface area contributed by atoms with Crippen LogP contribution in [-0.4, -0.2) is 48.9 Å². The summed E-state index contributed by atoms with van der Waals surface area (Å²) in [6.07, 6.45) is -0.670. The summed E-state index contributed by atoms with van der Waals surface area (Å²) in [5, 5.41) is 2.70. The van der Waals surface area contributed by atoms with Gasteiger partial charge in [0.1, 0.15) is 5.60 Å². The van der Waals surface area contributed by atoms with Crippen molar-refractivity contribution in [3.8, 4) is 0 Å². The van der Waals surface area contributed by atoms with Crippen molar-refractivity contribution in [3.63, 3.8) is 0 Å². The lowest BCUT2D eigenvalue weighted by molar-refractivity contribution is -0.0410. The predicted molar refractivity (Wildman–Crippen MR) is 90.3 cm³/mol. The molecule has 1 aromatic carbocycles. The van der Waals surface area contributed by atoms with Crippen LogP contribution in [0, 0.1) is 11.6 Å². The monoisotopic (exact) mass is 356 g/mol. The van der Waals surface area contributed by atoms with Crippen LogP contribution in [0.15, 0.2) is 18.2 Å². The first-order chi connectivity index (χ1) is 11.7. The van der Waals surface area contributed by atoms with E-state index in [1.165, 1.54) is 6.07 Å². The molecule has 0 spiro atoms. The van der Waals surface area contributed by atoms with Crippen molar-refractivity contribution in [3.05, 3.63) is 35.4 Å². The zero-order valence-electron chi connectivity index (χ0n) is 15.1. The molecule has 2 unspecified atom stereocenters. The number of hydrogen-bond acceptors (Lipinski definition) is 4. The van der Waals surface area contributed by atoms with Gasteiger partial charge < -0.3 is 14.8 Å². The maximum Gasteiger partial charge on any atom is 0.407 e. The number of alkyl carbamates (subject to hydrolysis) is 1. The summed E-state index contributed by atoms with van der Waals surface area (Å²) in [5.74, 6) is -1.70. The van der Waals surface area contributed by atoms with Crippen LogP contribution in [-0.2, 0) is 9.47 Å². The van der Waals surface area contributed by atoms with Crippen LogP contribution >= 0.6 is 0 Å². The molecule has 0 aliphatic carbocycles. The number of carbonyl (C=O) groups is 1. The van der Waals surface area contributed by atoms with E-state index in [9.17, 15) is 13.6 Å². The minimum atomic E-state index is -0.850. The molecule has 1 heterocycles. The summed E-state index contributed by atoms with van der Waals surface area (Å²) < 4.78 is 37.4. The van der Waals surface area contributed by atoms with Crippen LogP contribution in [0.4, 0.5) is 13.6 Å². The molecule has 1 aliphatic heterocycles. The third-order valence-electron chi connectivity index (χ3n) is 4.02. The number of nitrogens with one attached hydrogen (secondary N) is 1. The SMILES string of the molecule is CC(c1ccc(F)c(F)c1)N1CCOC(CNC(=O)OC(C)(C)C)C1. The first-order valence-electron chi connectivity index (χ1n) is 8.43. The minimum Gasteiger partial charge on any atom is -0.444 e. The Hall–Kier alpha value is -1.73. The molecule has 1 aliphatic rings. The van der Waals surface area contributed by atoms with Crippen LogP contribution in [0.1, 0.15) is 39.3 Å². The van der Waals surface area contributed by atoms with Crippen LogP contribution < -0.4 is 5.32 Å². The molecule has 2 atom stereocenters. The van der Waals surface area contributed by atoms with Crippen LogP contribution in [0.5, 0.6) is 0 Å². The third kappa shape index (κ3) is 5.93. The molecule has 7 heteroatoms. The Balaban J connectivity index is 1.89. The lowest BCUT2D eigenvalue weighted by Gasteiger charge is -2.37. The number of ether oxygens (including phenoxy) is 2. The number of rotatable bonds is 4. The molecule has 0 aromatic heterocycles. The Morgan fingerprint density at radius 2 is 2.12 bits per heavy atom. The Labute approximate surface area is 147 Å². The lowest BCUT2D eigenvalue weighted by atomic mass is 10.1. The fourth-order valence-corrected chi connectivity index (χ4v) is 2.71. The van der Waals surface area contributed by atoms with E-state index in [-0.39, 0.29) is 12.1 Å². The summed E-state index contributed by atoms with van der Waals surface area (Å²) in [6, 6.07) is 3.88. The van der Waals surface area contributed by atoms with Crippen molar-refractivity contribution >= 4 is 6.09 Å². The maximum atomic E-state index is 13.4. The molecular formula is C18H26F2N2O3. The largest absolute Gasteiger partial charge is 0.444 e. The van der Waals surface area contributed by atoms with E-state index >= 15 is 0 Å². The van der Waals surface area contributed by atoms with Crippen LogP contribution in [0.2, 0.25) is 0 Å². The van der Waals surface area contributed by atoms with Crippen molar-refractivity contribution in [2.45, 2.75) is 45.4 Å². The molecule has 2 rings (SSSR count). The third-order valence-corrected chi connectivity index (χ3v) is 4.02. The molecule has 140 valence electrons. The second kappa shape index (κ2) is 8.10. The number of benzene rings is 1. The minimum absolute atomic E-state index is 0.0805. The second-order valence-corrected chi connectivity index (χ2v) is 7.22. The van der Waals surface area contributed by atoms with E-state index in [1.54, 1.807) is 26.8 Å². The highest BCUT2D eigenvalue weighted by Gasteiger charge is 2.26. The average molecular weight is 356 g/mol. The summed E-state index contributed by atoms with van der Waals surface area (Å²) in [5.41, 5.74) is 0.157. The second-order valence-electron chi connectivity index (χ2n) is 7.22. The van der Waals surface area contributed by atoms with Gasteiger partial charge in [-0.3, -0.25) is 4.90 Å². The van der Waals surface area contributed by atoms with E-state index in [1.807, 2.05) is 6.92 Å². The molecule has 1 N–H and O–H groups in total. The summed E-state index contributed by atoms with van der Waals surface area (Å²) in [7, 11) is 0. The Kier molecular flexibility index (Phi) is 6.35.